The third kappa shape index (κ3) is 3.46. The third-order valence-corrected chi connectivity index (χ3v) is 3.30. The molecule has 1 aromatic heterocycles. The summed E-state index contributed by atoms with van der Waals surface area (Å²) in [6.07, 6.45) is 0.188. The zero-order chi connectivity index (χ0) is 15.6. The van der Waals surface area contributed by atoms with Crippen LogP contribution in [0.25, 0.3) is 0 Å². The normalized spacial score (nSPS) is 22.1. The molecule has 9 heteroatoms. The molecule has 0 aliphatic carbocycles. The van der Waals surface area contributed by atoms with Gasteiger partial charge >= 0.3 is 0 Å². The number of rotatable bonds is 3. The predicted molar refractivity (Wildman–Crippen MR) is 73.2 cm³/mol. The lowest BCUT2D eigenvalue weighted by Crippen LogP contribution is -2.50. The van der Waals surface area contributed by atoms with Crippen molar-refractivity contribution in [2.24, 2.45) is 0 Å². The van der Waals surface area contributed by atoms with E-state index in [0.717, 1.165) is 6.20 Å². The molecule has 0 saturated carbocycles. The van der Waals surface area contributed by atoms with E-state index in [2.05, 4.69) is 4.98 Å². The van der Waals surface area contributed by atoms with Crippen LogP contribution >= 0.6 is 11.6 Å². The van der Waals surface area contributed by atoms with Gasteiger partial charge in [0, 0.05) is 13.1 Å². The van der Waals surface area contributed by atoms with E-state index < -0.39 is 22.6 Å². The van der Waals surface area contributed by atoms with E-state index in [1.54, 1.807) is 6.92 Å². The summed E-state index contributed by atoms with van der Waals surface area (Å²) < 4.78 is 5.44. The van der Waals surface area contributed by atoms with E-state index in [1.807, 2.05) is 0 Å². The van der Waals surface area contributed by atoms with Crippen LogP contribution < -0.4 is 0 Å². The molecular formula is C12H14ClN3O5. The van der Waals surface area contributed by atoms with E-state index in [9.17, 15) is 14.9 Å². The first-order chi connectivity index (χ1) is 9.92. The first kappa shape index (κ1) is 15.6. The number of aromatic nitrogens is 1. The molecular weight excluding hydrogens is 302 g/mol. The van der Waals surface area contributed by atoms with Gasteiger partial charge < -0.3 is 14.7 Å². The maximum atomic E-state index is 12.5. The fourth-order valence-corrected chi connectivity index (χ4v) is 2.38. The van der Waals surface area contributed by atoms with Crippen molar-refractivity contribution in [2.75, 3.05) is 19.7 Å². The molecule has 21 heavy (non-hydrogen) atoms. The number of hydrogen-bond donors (Lipinski definition) is 1. The van der Waals surface area contributed by atoms with Gasteiger partial charge in [-0.2, -0.15) is 0 Å². The van der Waals surface area contributed by atoms with Crippen LogP contribution in [-0.4, -0.2) is 57.7 Å². The van der Waals surface area contributed by atoms with Crippen LogP contribution in [0.3, 0.4) is 0 Å². The second-order valence-corrected chi connectivity index (χ2v) is 5.13. The number of morpholine rings is 1. The van der Waals surface area contributed by atoms with Gasteiger partial charge in [0.15, 0.2) is 0 Å². The van der Waals surface area contributed by atoms with Crippen LogP contribution in [0.4, 0.5) is 5.69 Å². The molecule has 1 aliphatic rings. The number of nitrogens with zero attached hydrogens (tertiary/aromatic N) is 3. The highest BCUT2D eigenvalue weighted by molar-refractivity contribution is 6.29. The van der Waals surface area contributed by atoms with Gasteiger partial charge in [0.1, 0.15) is 16.9 Å². The number of halogens is 1. The minimum Gasteiger partial charge on any atom is -0.394 e. The molecule has 2 rings (SSSR count). The molecule has 1 N–H and O–H groups in total. The topological polar surface area (TPSA) is 106 Å². The van der Waals surface area contributed by atoms with Crippen molar-refractivity contribution >= 4 is 23.2 Å². The Kier molecular flexibility index (Phi) is 4.71. The summed E-state index contributed by atoms with van der Waals surface area (Å²) in [6, 6.07) is 1.18. The van der Waals surface area contributed by atoms with Gasteiger partial charge in [-0.05, 0) is 13.0 Å². The van der Waals surface area contributed by atoms with Crippen LogP contribution in [0.5, 0.6) is 0 Å². The molecule has 0 radical (unpaired) electrons. The van der Waals surface area contributed by atoms with Crippen molar-refractivity contribution in [1.29, 1.82) is 0 Å². The number of pyridine rings is 1. The van der Waals surface area contributed by atoms with Gasteiger partial charge in [-0.1, -0.05) is 11.6 Å². The Hall–Kier alpha value is -1.77. The summed E-state index contributed by atoms with van der Waals surface area (Å²) in [5, 5.41) is 20.2. The minimum atomic E-state index is -0.677. The number of carbonyl (C=O) groups is 1. The molecule has 0 aromatic carbocycles. The summed E-state index contributed by atoms with van der Waals surface area (Å²) in [7, 11) is 0. The number of nitro groups is 1. The Bertz CT molecular complexity index is 568. The number of aliphatic hydroxyl groups excluding tert-OH is 1. The van der Waals surface area contributed by atoms with Crippen LogP contribution in [0.2, 0.25) is 5.15 Å². The van der Waals surface area contributed by atoms with Crippen LogP contribution in [0, 0.1) is 10.1 Å². The molecule has 1 amide bonds. The first-order valence-electron chi connectivity index (χ1n) is 6.28. The van der Waals surface area contributed by atoms with Crippen molar-refractivity contribution in [3.05, 3.63) is 33.1 Å². The second-order valence-electron chi connectivity index (χ2n) is 4.74. The highest BCUT2D eigenvalue weighted by Gasteiger charge is 2.32. The lowest BCUT2D eigenvalue weighted by Gasteiger charge is -2.36. The number of ether oxygens (including phenoxy) is 1. The fraction of sp³-hybridized carbons (Fsp3) is 0.500. The third-order valence-electron chi connectivity index (χ3n) is 3.09. The number of hydrogen-bond acceptors (Lipinski definition) is 6. The molecule has 0 bridgehead atoms. The van der Waals surface area contributed by atoms with E-state index in [4.69, 9.17) is 21.4 Å². The summed E-state index contributed by atoms with van der Waals surface area (Å²) in [5.74, 6) is -0.528. The predicted octanol–water partition coefficient (Wildman–Crippen LogP) is 0.865. The van der Waals surface area contributed by atoms with E-state index in [1.165, 1.54) is 11.0 Å². The van der Waals surface area contributed by atoms with Gasteiger partial charge in [0.25, 0.3) is 11.6 Å². The number of carbonyl (C=O) groups excluding carboxylic acids is 1. The first-order valence-corrected chi connectivity index (χ1v) is 6.65. The number of amides is 1. The molecule has 2 atom stereocenters. The van der Waals surface area contributed by atoms with Crippen molar-refractivity contribution in [3.63, 3.8) is 0 Å². The average Bonchev–Trinajstić information content (AvgIpc) is 2.45. The maximum Gasteiger partial charge on any atom is 0.300 e. The van der Waals surface area contributed by atoms with Gasteiger partial charge in [-0.15, -0.1) is 0 Å². The van der Waals surface area contributed by atoms with Crippen molar-refractivity contribution in [3.8, 4) is 0 Å². The van der Waals surface area contributed by atoms with Crippen LogP contribution in [-0.2, 0) is 4.74 Å². The van der Waals surface area contributed by atoms with E-state index >= 15 is 0 Å². The summed E-state index contributed by atoms with van der Waals surface area (Å²) in [6.45, 7) is 1.98. The SMILES string of the molecule is CC1CN(C(=O)c2cc(Cl)ncc2[N+](=O)[O-])CC(CO)O1. The van der Waals surface area contributed by atoms with Gasteiger partial charge in [-0.25, -0.2) is 4.98 Å². The summed E-state index contributed by atoms with van der Waals surface area (Å²) in [5.41, 5.74) is -0.519. The largest absolute Gasteiger partial charge is 0.394 e. The molecule has 1 saturated heterocycles. The van der Waals surface area contributed by atoms with Crippen LogP contribution in [0.1, 0.15) is 17.3 Å². The molecule has 2 heterocycles. The number of aliphatic hydroxyl groups is 1. The Balaban J connectivity index is 2.31. The maximum absolute atomic E-state index is 12.5. The Morgan fingerprint density at radius 2 is 2.38 bits per heavy atom. The monoisotopic (exact) mass is 315 g/mol. The van der Waals surface area contributed by atoms with E-state index in [0.29, 0.717) is 0 Å². The Morgan fingerprint density at radius 3 is 3.00 bits per heavy atom. The Morgan fingerprint density at radius 1 is 1.67 bits per heavy atom. The van der Waals surface area contributed by atoms with E-state index in [-0.39, 0.29) is 36.5 Å². The lowest BCUT2D eigenvalue weighted by molar-refractivity contribution is -0.385. The molecule has 1 aliphatic heterocycles. The minimum absolute atomic E-state index is 0.00367. The highest BCUT2D eigenvalue weighted by atomic mass is 35.5. The van der Waals surface area contributed by atoms with Crippen molar-refractivity contribution < 1.29 is 19.6 Å². The fourth-order valence-electron chi connectivity index (χ4n) is 2.22. The summed E-state index contributed by atoms with van der Waals surface area (Å²) >= 11 is 5.72. The Labute approximate surface area is 125 Å². The van der Waals surface area contributed by atoms with Crippen molar-refractivity contribution in [1.82, 2.24) is 9.88 Å². The lowest BCUT2D eigenvalue weighted by atomic mass is 10.1. The average molecular weight is 316 g/mol. The molecule has 1 aromatic rings. The highest BCUT2D eigenvalue weighted by Crippen LogP contribution is 2.23. The molecule has 0 spiro atoms. The zero-order valence-corrected chi connectivity index (χ0v) is 12.0. The van der Waals surface area contributed by atoms with Gasteiger partial charge in [0.05, 0.1) is 23.7 Å². The van der Waals surface area contributed by atoms with Gasteiger partial charge in [-0.3, -0.25) is 14.9 Å². The molecule has 1 fully saturated rings. The van der Waals surface area contributed by atoms with Crippen LogP contribution in [0.15, 0.2) is 12.3 Å². The summed E-state index contributed by atoms with van der Waals surface area (Å²) in [4.78, 5) is 27.8. The molecule has 114 valence electrons. The standard InChI is InChI=1S/C12H14ClN3O5/c1-7-4-15(5-8(6-17)21-7)12(18)9-2-11(13)14-3-10(9)16(19)20/h2-3,7-8,17H,4-6H2,1H3. The molecule has 8 nitrogen and oxygen atoms in total. The second kappa shape index (κ2) is 6.33. The molecule has 2 unspecified atom stereocenters. The quantitative estimate of drug-likeness (QED) is 0.504. The smallest absolute Gasteiger partial charge is 0.300 e. The van der Waals surface area contributed by atoms with Crippen molar-refractivity contribution in [2.45, 2.75) is 19.1 Å². The van der Waals surface area contributed by atoms with Gasteiger partial charge in [0.2, 0.25) is 0 Å². The zero-order valence-electron chi connectivity index (χ0n) is 11.2.